The van der Waals surface area contributed by atoms with Crippen LogP contribution in [0.2, 0.25) is 0 Å². The Morgan fingerprint density at radius 1 is 0.889 bits per heavy atom. The highest BCUT2D eigenvalue weighted by molar-refractivity contribution is 6.53. The number of benzene rings is 3. The van der Waals surface area contributed by atoms with E-state index in [4.69, 9.17) is 16.3 Å². The van der Waals surface area contributed by atoms with E-state index in [0.717, 1.165) is 10.5 Å². The molecule has 4 rings (SSSR count). The van der Waals surface area contributed by atoms with Crippen molar-refractivity contribution in [2.75, 3.05) is 22.6 Å². The van der Waals surface area contributed by atoms with E-state index in [2.05, 4.69) is 10.6 Å². The summed E-state index contributed by atoms with van der Waals surface area (Å²) >= 11 is 6.25. The Morgan fingerprint density at radius 3 is 2.14 bits per heavy atom. The maximum Gasteiger partial charge on any atom is 0.283 e. The minimum absolute atomic E-state index is 0.0689. The molecular weight excluding hydrogens is 482 g/mol. The topological polar surface area (TPSA) is 105 Å². The summed E-state index contributed by atoms with van der Waals surface area (Å²) in [5, 5.41) is 5.45. The molecule has 36 heavy (non-hydrogen) atoms. The SMILES string of the molecule is COc1ccc(N2C(=O)C(Cl)=C(Nc3cc(C(=O)Nc4ccc(C(C)=O)cc4)ccc3C)C2=O)cc1. The fraction of sp³-hybridized carbons (Fsp3) is 0.111. The van der Waals surface area contributed by atoms with Crippen molar-refractivity contribution in [2.45, 2.75) is 13.8 Å². The Hall–Kier alpha value is -4.43. The molecule has 182 valence electrons. The van der Waals surface area contributed by atoms with Crippen LogP contribution in [-0.4, -0.2) is 30.6 Å². The van der Waals surface area contributed by atoms with Gasteiger partial charge in [0, 0.05) is 22.5 Å². The number of carbonyl (C=O) groups is 4. The molecule has 1 aliphatic heterocycles. The van der Waals surface area contributed by atoms with Crippen molar-refractivity contribution in [3.05, 3.63) is 94.1 Å². The second kappa shape index (κ2) is 10.1. The normalized spacial score (nSPS) is 13.2. The van der Waals surface area contributed by atoms with Crippen LogP contribution in [0.1, 0.15) is 33.2 Å². The van der Waals surface area contributed by atoms with Crippen LogP contribution in [0.5, 0.6) is 5.75 Å². The Morgan fingerprint density at radius 2 is 1.53 bits per heavy atom. The summed E-state index contributed by atoms with van der Waals surface area (Å²) in [6.45, 7) is 3.26. The Bertz CT molecular complexity index is 1410. The van der Waals surface area contributed by atoms with E-state index in [1.54, 1.807) is 73.7 Å². The molecule has 0 aromatic heterocycles. The van der Waals surface area contributed by atoms with Crippen LogP contribution >= 0.6 is 11.6 Å². The first kappa shape index (κ1) is 24.7. The zero-order chi connectivity index (χ0) is 26.0. The highest BCUT2D eigenvalue weighted by atomic mass is 35.5. The van der Waals surface area contributed by atoms with Crippen LogP contribution in [0, 0.1) is 6.92 Å². The third-order valence-electron chi connectivity index (χ3n) is 5.67. The molecule has 0 atom stereocenters. The minimum Gasteiger partial charge on any atom is -0.497 e. The number of nitrogens with one attached hydrogen (secondary N) is 2. The molecule has 0 aliphatic carbocycles. The zero-order valence-electron chi connectivity index (χ0n) is 19.7. The van der Waals surface area contributed by atoms with Crippen molar-refractivity contribution in [1.82, 2.24) is 0 Å². The monoisotopic (exact) mass is 503 g/mol. The van der Waals surface area contributed by atoms with Gasteiger partial charge in [-0.1, -0.05) is 17.7 Å². The van der Waals surface area contributed by atoms with Gasteiger partial charge in [-0.25, -0.2) is 4.90 Å². The van der Waals surface area contributed by atoms with E-state index in [-0.39, 0.29) is 22.4 Å². The van der Waals surface area contributed by atoms with Crippen LogP contribution in [0.3, 0.4) is 0 Å². The summed E-state index contributed by atoms with van der Waals surface area (Å²) in [6.07, 6.45) is 0. The highest BCUT2D eigenvalue weighted by Gasteiger charge is 2.39. The number of hydrogen-bond donors (Lipinski definition) is 2. The quantitative estimate of drug-likeness (QED) is 0.351. The van der Waals surface area contributed by atoms with Crippen LogP contribution < -0.4 is 20.3 Å². The molecule has 3 aromatic rings. The van der Waals surface area contributed by atoms with Gasteiger partial charge in [-0.2, -0.15) is 0 Å². The first-order valence-electron chi connectivity index (χ1n) is 10.9. The van der Waals surface area contributed by atoms with E-state index in [1.165, 1.54) is 14.0 Å². The van der Waals surface area contributed by atoms with Gasteiger partial charge in [0.15, 0.2) is 5.78 Å². The summed E-state index contributed by atoms with van der Waals surface area (Å²) in [5.41, 5.74) is 2.83. The molecule has 0 fully saturated rings. The lowest BCUT2D eigenvalue weighted by atomic mass is 10.1. The molecule has 0 unspecified atom stereocenters. The van der Waals surface area contributed by atoms with Crippen LogP contribution in [-0.2, 0) is 9.59 Å². The van der Waals surface area contributed by atoms with Crippen molar-refractivity contribution in [2.24, 2.45) is 0 Å². The average Bonchev–Trinajstić information content (AvgIpc) is 3.08. The summed E-state index contributed by atoms with van der Waals surface area (Å²) in [5.74, 6) is -1.15. The average molecular weight is 504 g/mol. The lowest BCUT2D eigenvalue weighted by molar-refractivity contribution is -0.120. The summed E-state index contributed by atoms with van der Waals surface area (Å²) in [4.78, 5) is 51.1. The number of anilines is 3. The molecule has 1 heterocycles. The van der Waals surface area contributed by atoms with E-state index < -0.39 is 11.8 Å². The van der Waals surface area contributed by atoms with Gasteiger partial charge in [-0.3, -0.25) is 19.2 Å². The second-order valence-electron chi connectivity index (χ2n) is 8.08. The van der Waals surface area contributed by atoms with Gasteiger partial charge in [0.25, 0.3) is 17.7 Å². The van der Waals surface area contributed by atoms with Crippen molar-refractivity contribution >= 4 is 52.2 Å². The Labute approximate surface area is 212 Å². The van der Waals surface area contributed by atoms with Crippen molar-refractivity contribution < 1.29 is 23.9 Å². The summed E-state index contributed by atoms with van der Waals surface area (Å²) in [6, 6.07) is 17.9. The maximum atomic E-state index is 13.1. The maximum absolute atomic E-state index is 13.1. The van der Waals surface area contributed by atoms with E-state index in [1.807, 2.05) is 0 Å². The number of nitrogens with zero attached hydrogens (tertiary/aromatic N) is 1. The molecule has 0 saturated carbocycles. The van der Waals surface area contributed by atoms with Crippen LogP contribution in [0.15, 0.2) is 77.5 Å². The fourth-order valence-electron chi connectivity index (χ4n) is 3.60. The van der Waals surface area contributed by atoms with Crippen LogP contribution in [0.4, 0.5) is 17.1 Å². The first-order chi connectivity index (χ1) is 17.2. The van der Waals surface area contributed by atoms with E-state index in [9.17, 15) is 19.2 Å². The zero-order valence-corrected chi connectivity index (χ0v) is 20.5. The van der Waals surface area contributed by atoms with Gasteiger partial charge in [0.1, 0.15) is 16.5 Å². The van der Waals surface area contributed by atoms with Gasteiger partial charge in [0.05, 0.1) is 12.8 Å². The molecule has 8 nitrogen and oxygen atoms in total. The molecule has 3 aromatic carbocycles. The third kappa shape index (κ3) is 4.85. The Kier molecular flexibility index (Phi) is 6.89. The van der Waals surface area contributed by atoms with E-state index >= 15 is 0 Å². The number of imide groups is 1. The second-order valence-corrected chi connectivity index (χ2v) is 8.45. The number of aryl methyl sites for hydroxylation is 1. The van der Waals surface area contributed by atoms with Crippen molar-refractivity contribution in [3.8, 4) is 5.75 Å². The molecule has 3 amide bonds. The number of carbonyl (C=O) groups excluding carboxylic acids is 4. The fourth-order valence-corrected chi connectivity index (χ4v) is 3.81. The number of amides is 3. The molecule has 0 bridgehead atoms. The number of methoxy groups -OCH3 is 1. The first-order valence-corrected chi connectivity index (χ1v) is 11.3. The van der Waals surface area contributed by atoms with Crippen LogP contribution in [0.25, 0.3) is 0 Å². The predicted molar refractivity (Wildman–Crippen MR) is 138 cm³/mol. The number of Topliss-reactive ketones (excluding diaryl/α,β-unsaturated/α-hetero) is 1. The minimum atomic E-state index is -0.658. The number of halogens is 1. The predicted octanol–water partition coefficient (Wildman–Crippen LogP) is 4.89. The molecule has 0 spiro atoms. The molecule has 0 radical (unpaired) electrons. The lowest BCUT2D eigenvalue weighted by Crippen LogP contribution is -2.32. The van der Waals surface area contributed by atoms with Gasteiger partial charge < -0.3 is 15.4 Å². The molecule has 9 heteroatoms. The highest BCUT2D eigenvalue weighted by Crippen LogP contribution is 2.32. The third-order valence-corrected chi connectivity index (χ3v) is 6.02. The summed E-state index contributed by atoms with van der Waals surface area (Å²) in [7, 11) is 1.52. The standard InChI is InChI=1S/C27H22ClN3O5/c1-15-4-5-18(25(33)29-19-8-6-17(7-9-19)16(2)32)14-22(15)30-24-23(28)26(34)31(27(24)35)20-10-12-21(36-3)13-11-20/h4-14,30H,1-3H3,(H,29,33). The molecule has 0 saturated heterocycles. The van der Waals surface area contributed by atoms with Crippen molar-refractivity contribution in [3.63, 3.8) is 0 Å². The number of rotatable bonds is 7. The molecular formula is C27H22ClN3O5. The summed E-state index contributed by atoms with van der Waals surface area (Å²) < 4.78 is 5.12. The number of hydrogen-bond acceptors (Lipinski definition) is 6. The Balaban J connectivity index is 1.54. The molecule has 2 N–H and O–H groups in total. The van der Waals surface area contributed by atoms with Crippen molar-refractivity contribution in [1.29, 1.82) is 0 Å². The van der Waals surface area contributed by atoms with Gasteiger partial charge >= 0.3 is 0 Å². The number of ketones is 1. The van der Waals surface area contributed by atoms with E-state index in [0.29, 0.717) is 33.9 Å². The smallest absolute Gasteiger partial charge is 0.283 e. The lowest BCUT2D eigenvalue weighted by Gasteiger charge is -2.16. The van der Waals surface area contributed by atoms with Gasteiger partial charge in [0.2, 0.25) is 0 Å². The van der Waals surface area contributed by atoms with Gasteiger partial charge in [-0.05, 0) is 80.1 Å². The van der Waals surface area contributed by atoms with Gasteiger partial charge in [-0.15, -0.1) is 0 Å². The largest absolute Gasteiger partial charge is 0.497 e. The number of ether oxygens (including phenoxy) is 1. The molecule has 1 aliphatic rings.